The fraction of sp³-hybridized carbons (Fsp3) is 0.125. The Morgan fingerprint density at radius 3 is 2.64 bits per heavy atom. The summed E-state index contributed by atoms with van der Waals surface area (Å²) in [4.78, 5) is 0. The van der Waals surface area contributed by atoms with E-state index in [2.05, 4.69) is 5.18 Å². The summed E-state index contributed by atoms with van der Waals surface area (Å²) in [6.45, 7) is 0. The summed E-state index contributed by atoms with van der Waals surface area (Å²) in [5.41, 5.74) is 0.305. The van der Waals surface area contributed by atoms with E-state index in [1.54, 1.807) is 6.26 Å². The van der Waals surface area contributed by atoms with Crippen LogP contribution in [0.5, 0.6) is 0 Å². The molecule has 0 saturated carbocycles. The Balaban J connectivity index is 3.16. The Bertz CT molecular complexity index is 323. The van der Waals surface area contributed by atoms with E-state index < -0.39 is 11.6 Å². The minimum atomic E-state index is -0.570. The molecule has 0 aliphatic rings. The molecule has 0 amide bonds. The first kappa shape index (κ1) is 8.18. The SMILES string of the molecule is CS#Cc1ccc(F)cc1F. The Kier molecular flexibility index (Phi) is 2.58. The first-order chi connectivity index (χ1) is 5.24. The predicted octanol–water partition coefficient (Wildman–Crippen LogP) is 2.64. The van der Waals surface area contributed by atoms with Crippen LogP contribution in [0.25, 0.3) is 0 Å². The Morgan fingerprint density at radius 1 is 1.36 bits per heavy atom. The third-order valence-corrected chi connectivity index (χ3v) is 1.57. The molecule has 11 heavy (non-hydrogen) atoms. The summed E-state index contributed by atoms with van der Waals surface area (Å²) >= 11 is 1.26. The van der Waals surface area contributed by atoms with E-state index in [1.165, 1.54) is 23.3 Å². The van der Waals surface area contributed by atoms with Crippen LogP contribution in [0.1, 0.15) is 5.56 Å². The Morgan fingerprint density at radius 2 is 2.09 bits per heavy atom. The second-order valence-corrected chi connectivity index (χ2v) is 2.54. The molecule has 0 aliphatic carbocycles. The zero-order valence-corrected chi connectivity index (χ0v) is 6.71. The summed E-state index contributed by atoms with van der Waals surface area (Å²) in [7, 11) is 0. The van der Waals surface area contributed by atoms with Gasteiger partial charge in [-0.3, -0.25) is 0 Å². The average Bonchev–Trinajstić information content (AvgIpc) is 1.95. The molecule has 58 valence electrons. The third-order valence-electron chi connectivity index (χ3n) is 1.14. The minimum Gasteiger partial charge on any atom is -0.207 e. The van der Waals surface area contributed by atoms with Gasteiger partial charge in [-0.2, -0.15) is 0 Å². The van der Waals surface area contributed by atoms with Crippen molar-refractivity contribution < 1.29 is 8.78 Å². The smallest absolute Gasteiger partial charge is 0.141 e. The summed E-state index contributed by atoms with van der Waals surface area (Å²) in [6.07, 6.45) is 1.77. The molecule has 0 aromatic heterocycles. The molecular weight excluding hydrogens is 166 g/mol. The summed E-state index contributed by atoms with van der Waals surface area (Å²) < 4.78 is 25.0. The maximum atomic E-state index is 12.7. The molecule has 1 aromatic rings. The Hall–Kier alpha value is -0.920. The monoisotopic (exact) mass is 172 g/mol. The fourth-order valence-corrected chi connectivity index (χ4v) is 1.07. The number of hydrogen-bond acceptors (Lipinski definition) is 0. The topological polar surface area (TPSA) is 0 Å². The van der Waals surface area contributed by atoms with E-state index in [0.717, 1.165) is 6.07 Å². The lowest BCUT2D eigenvalue weighted by atomic mass is 10.2. The van der Waals surface area contributed by atoms with Crippen LogP contribution in [0.15, 0.2) is 18.2 Å². The summed E-state index contributed by atoms with van der Waals surface area (Å²) in [5, 5.41) is 2.68. The van der Waals surface area contributed by atoms with Crippen molar-refractivity contribution >= 4 is 11.2 Å². The van der Waals surface area contributed by atoms with Crippen molar-refractivity contribution in [2.45, 2.75) is 0 Å². The van der Waals surface area contributed by atoms with Gasteiger partial charge in [-0.25, -0.2) is 8.78 Å². The second kappa shape index (κ2) is 3.46. The quantitative estimate of drug-likeness (QED) is 0.564. The highest BCUT2D eigenvalue weighted by Crippen LogP contribution is 2.08. The average molecular weight is 172 g/mol. The lowest BCUT2D eigenvalue weighted by Crippen LogP contribution is -1.83. The highest BCUT2D eigenvalue weighted by molar-refractivity contribution is 7.88. The van der Waals surface area contributed by atoms with Gasteiger partial charge in [-0.1, -0.05) is 5.18 Å². The van der Waals surface area contributed by atoms with E-state index in [-0.39, 0.29) is 0 Å². The van der Waals surface area contributed by atoms with Crippen LogP contribution < -0.4 is 0 Å². The van der Waals surface area contributed by atoms with Crippen molar-refractivity contribution in [1.82, 2.24) is 0 Å². The zero-order chi connectivity index (χ0) is 8.27. The minimum absolute atomic E-state index is 0.305. The van der Waals surface area contributed by atoms with Crippen molar-refractivity contribution in [2.75, 3.05) is 6.26 Å². The predicted molar refractivity (Wildman–Crippen MR) is 42.9 cm³/mol. The first-order valence-corrected chi connectivity index (χ1v) is 4.20. The van der Waals surface area contributed by atoms with Crippen molar-refractivity contribution in [1.29, 1.82) is 0 Å². The first-order valence-electron chi connectivity index (χ1n) is 2.98. The molecule has 0 bridgehead atoms. The maximum Gasteiger partial charge on any atom is 0.141 e. The second-order valence-electron chi connectivity index (χ2n) is 1.93. The number of benzene rings is 1. The van der Waals surface area contributed by atoms with Crippen molar-refractivity contribution in [3.8, 4) is 5.18 Å². The highest BCUT2D eigenvalue weighted by Gasteiger charge is 1.98. The molecule has 3 heteroatoms. The van der Waals surface area contributed by atoms with Crippen LogP contribution in [0.3, 0.4) is 0 Å². The molecule has 0 nitrogen and oxygen atoms in total. The third kappa shape index (κ3) is 2.00. The molecule has 0 N–H and O–H groups in total. The van der Waals surface area contributed by atoms with Gasteiger partial charge in [0.1, 0.15) is 11.6 Å². The van der Waals surface area contributed by atoms with E-state index in [1.807, 2.05) is 0 Å². The number of hydrogen-bond donors (Lipinski definition) is 0. The summed E-state index contributed by atoms with van der Waals surface area (Å²) in [5.74, 6) is -1.13. The Labute approximate surface area is 67.5 Å². The van der Waals surface area contributed by atoms with Gasteiger partial charge in [0.05, 0.1) is 5.56 Å². The van der Waals surface area contributed by atoms with Crippen LogP contribution in [-0.2, 0) is 0 Å². The number of halogens is 2. The summed E-state index contributed by atoms with van der Waals surface area (Å²) in [6, 6.07) is 3.42. The van der Waals surface area contributed by atoms with Gasteiger partial charge in [-0.15, -0.1) is 11.2 Å². The van der Waals surface area contributed by atoms with Gasteiger partial charge in [0, 0.05) is 12.3 Å². The molecule has 0 aliphatic heterocycles. The molecule has 0 spiro atoms. The van der Waals surface area contributed by atoms with E-state index >= 15 is 0 Å². The molecule has 0 fully saturated rings. The van der Waals surface area contributed by atoms with Gasteiger partial charge in [0.15, 0.2) is 0 Å². The van der Waals surface area contributed by atoms with Crippen LogP contribution in [0.4, 0.5) is 8.78 Å². The van der Waals surface area contributed by atoms with Crippen molar-refractivity contribution in [3.05, 3.63) is 35.4 Å². The van der Waals surface area contributed by atoms with Crippen LogP contribution in [0.2, 0.25) is 0 Å². The standard InChI is InChI=1S/C8H6F2S/c1-11-5-6-2-3-7(9)4-8(6)10/h2-4H,1H3. The molecule has 1 aromatic carbocycles. The van der Waals surface area contributed by atoms with Crippen LogP contribution >= 0.6 is 11.2 Å². The largest absolute Gasteiger partial charge is 0.207 e. The van der Waals surface area contributed by atoms with Crippen molar-refractivity contribution in [2.24, 2.45) is 0 Å². The lowest BCUT2D eigenvalue weighted by molar-refractivity contribution is 0.581. The fourth-order valence-electron chi connectivity index (χ4n) is 0.682. The van der Waals surface area contributed by atoms with Crippen LogP contribution in [0, 0.1) is 16.8 Å². The van der Waals surface area contributed by atoms with Crippen molar-refractivity contribution in [3.63, 3.8) is 0 Å². The van der Waals surface area contributed by atoms with Gasteiger partial charge < -0.3 is 0 Å². The lowest BCUT2D eigenvalue weighted by Gasteiger charge is -1.92. The molecule has 0 unspecified atom stereocenters. The maximum absolute atomic E-state index is 12.7. The van der Waals surface area contributed by atoms with Gasteiger partial charge in [0.2, 0.25) is 0 Å². The molecular formula is C8H6F2S. The van der Waals surface area contributed by atoms with E-state index in [0.29, 0.717) is 5.56 Å². The molecule has 0 atom stereocenters. The number of rotatable bonds is 0. The van der Waals surface area contributed by atoms with Crippen LogP contribution in [-0.4, -0.2) is 6.26 Å². The van der Waals surface area contributed by atoms with Gasteiger partial charge >= 0.3 is 0 Å². The molecule has 0 saturated heterocycles. The van der Waals surface area contributed by atoms with E-state index in [9.17, 15) is 8.78 Å². The molecule has 1 rings (SSSR count). The highest BCUT2D eigenvalue weighted by atomic mass is 32.1. The van der Waals surface area contributed by atoms with Gasteiger partial charge in [-0.05, 0) is 12.1 Å². The van der Waals surface area contributed by atoms with Gasteiger partial charge in [0.25, 0.3) is 0 Å². The normalized spacial score (nSPS) is 9.00. The molecule has 0 radical (unpaired) electrons. The molecule has 0 heterocycles. The van der Waals surface area contributed by atoms with E-state index in [4.69, 9.17) is 0 Å². The zero-order valence-electron chi connectivity index (χ0n) is 5.90.